The van der Waals surface area contributed by atoms with Crippen LogP contribution in [-0.4, -0.2) is 131 Å². The van der Waals surface area contributed by atoms with Crippen molar-refractivity contribution >= 4 is 33.4 Å². The number of aliphatic hydroxyl groups is 6. The summed E-state index contributed by atoms with van der Waals surface area (Å²) in [6, 6.07) is 0. The lowest BCUT2D eigenvalue weighted by atomic mass is 9.83. The van der Waals surface area contributed by atoms with Crippen LogP contribution in [0.5, 0.6) is 0 Å². The third kappa shape index (κ3) is 26.0. The molecule has 9 N–H and O–H groups in total. The van der Waals surface area contributed by atoms with Crippen LogP contribution < -0.4 is 0 Å². The number of aliphatic hydroxyl groups excluding tert-OH is 6. The van der Waals surface area contributed by atoms with Crippen LogP contribution in [0.25, 0.3) is 0 Å². The first-order valence-electron chi connectivity index (χ1n) is 25.0. The van der Waals surface area contributed by atoms with E-state index in [1.807, 2.05) is 6.92 Å². The molecule has 1 aliphatic carbocycles. The number of allylic oxidation sites excluding steroid dienone is 2. The topological polar surface area (TPSA) is 314 Å². The van der Waals surface area contributed by atoms with Gasteiger partial charge in [-0.2, -0.15) is 0 Å². The quantitative estimate of drug-likeness (QED) is 0.0209. The highest BCUT2D eigenvalue weighted by molar-refractivity contribution is 7.47. The maximum absolute atomic E-state index is 13.7. The molecule has 1 saturated carbocycles. The van der Waals surface area contributed by atoms with Gasteiger partial charge in [-0.15, -0.1) is 0 Å². The maximum atomic E-state index is 13.7. The van der Waals surface area contributed by atoms with Crippen LogP contribution in [0.2, 0.25) is 0 Å². The highest BCUT2D eigenvalue weighted by Crippen LogP contribution is 2.49. The first-order valence-corrected chi connectivity index (χ1v) is 28.0. The molecular formula is C47H84O19P2. The maximum Gasteiger partial charge on any atom is 0.472 e. The molecule has 68 heavy (non-hydrogen) atoms. The van der Waals surface area contributed by atoms with Crippen LogP contribution in [0, 0.1) is 11.8 Å². The largest absolute Gasteiger partial charge is 0.472 e. The van der Waals surface area contributed by atoms with Gasteiger partial charge in [-0.3, -0.25) is 28.0 Å². The van der Waals surface area contributed by atoms with Crippen LogP contribution in [0.3, 0.4) is 0 Å². The van der Waals surface area contributed by atoms with Crippen molar-refractivity contribution in [3.63, 3.8) is 0 Å². The van der Waals surface area contributed by atoms with E-state index in [1.54, 1.807) is 0 Å². The van der Waals surface area contributed by atoms with Gasteiger partial charge in [0, 0.05) is 31.1 Å². The standard InChI is InChI=1S/C47H84O19P2/c1-3-5-7-8-9-10-11-12-13-14-15-16-17-18-23-27-40(51)62-32-35-33-63-68(60,61)66-47-45(56)44(55)42(53)36(26-22-19-20-24-28-41(52)64-35)38(49)31-39(50)37(30-29-34(48)25-21-6-4-2)43(54)46(47)65-67(57,58)59/h5,7,29-30,34-37,39,42-48,50,53-56H,3-4,6,8-28,31-33H2,1-2H3,(H,60,61)(H2,57,58,59)/b7-5-,30-29+/t34-,35+,36-,37-,39+,42+,43+,44-,45+,46+,47-/m0/s1. The Labute approximate surface area is 402 Å². The molecule has 1 unspecified atom stereocenters. The van der Waals surface area contributed by atoms with E-state index in [0.717, 1.165) is 63.9 Å². The number of ketones is 1. The lowest BCUT2D eigenvalue weighted by molar-refractivity contribution is -0.165. The number of esters is 2. The zero-order chi connectivity index (χ0) is 50.5. The Hall–Kier alpha value is -1.93. The summed E-state index contributed by atoms with van der Waals surface area (Å²) in [7, 11) is -11.5. The van der Waals surface area contributed by atoms with Gasteiger partial charge >= 0.3 is 27.6 Å². The van der Waals surface area contributed by atoms with Crippen molar-refractivity contribution < 1.29 is 91.9 Å². The van der Waals surface area contributed by atoms with Gasteiger partial charge in [0.25, 0.3) is 0 Å². The minimum atomic E-state index is -5.77. The summed E-state index contributed by atoms with van der Waals surface area (Å²) >= 11 is 0. The number of carbonyl (C=O) groups is 3. The number of ether oxygens (including phenoxy) is 2. The van der Waals surface area contributed by atoms with Crippen LogP contribution in [0.1, 0.15) is 174 Å². The van der Waals surface area contributed by atoms with Crippen LogP contribution in [-0.2, 0) is 46.6 Å². The number of hydrogen-bond donors (Lipinski definition) is 9. The molecule has 0 amide bonds. The summed E-state index contributed by atoms with van der Waals surface area (Å²) in [5.74, 6) is -5.45. The summed E-state index contributed by atoms with van der Waals surface area (Å²) in [6.45, 7) is 2.50. The third-order valence-electron chi connectivity index (χ3n) is 12.4. The van der Waals surface area contributed by atoms with Crippen LogP contribution in [0.15, 0.2) is 24.3 Å². The SMILES string of the molecule is CC/C=C\CCCCCCCCCCCCCC(=O)OC[C@@H]1COP(=O)(O)O[C@H]2[C@H](O)[C@@H](O)[C@H](O)[C@@H](CCCCCCC(=O)O1)C(=O)C[C@@H](O)[C@H](/C=C/[C@@H](O)CCCCC)[C@@H](O)[C@H]2OP(=O)(O)O. The number of phosphoric ester groups is 2. The molecular weight excluding hydrogens is 930 g/mol. The molecule has 1 saturated heterocycles. The van der Waals surface area contributed by atoms with E-state index in [-0.39, 0.29) is 32.1 Å². The monoisotopic (exact) mass is 1010 g/mol. The van der Waals surface area contributed by atoms with Crippen molar-refractivity contribution in [3.05, 3.63) is 24.3 Å². The second-order valence-corrected chi connectivity index (χ2v) is 20.9. The van der Waals surface area contributed by atoms with Crippen LogP contribution >= 0.6 is 15.6 Å². The van der Waals surface area contributed by atoms with Crippen molar-refractivity contribution in [2.45, 2.75) is 229 Å². The molecule has 2 bridgehead atoms. The Kier molecular flexibility index (Phi) is 31.5. The van der Waals surface area contributed by atoms with Crippen LogP contribution in [0.4, 0.5) is 0 Å². The molecule has 2 fully saturated rings. The van der Waals surface area contributed by atoms with Gasteiger partial charge in [0.2, 0.25) is 0 Å². The zero-order valence-electron chi connectivity index (χ0n) is 40.3. The number of hydrogen-bond acceptors (Lipinski definition) is 16. The number of unbranched alkanes of at least 4 members (excludes halogenated alkanes) is 13. The van der Waals surface area contributed by atoms with Crippen molar-refractivity contribution in [1.82, 2.24) is 0 Å². The number of rotatable bonds is 25. The molecule has 2 aliphatic rings. The van der Waals surface area contributed by atoms with Crippen molar-refractivity contribution in [2.75, 3.05) is 13.2 Å². The molecule has 0 spiro atoms. The van der Waals surface area contributed by atoms with E-state index in [4.69, 9.17) is 23.0 Å². The highest BCUT2D eigenvalue weighted by Gasteiger charge is 2.51. The molecule has 12 atom stereocenters. The Bertz CT molecular complexity index is 1570. The van der Waals surface area contributed by atoms with Gasteiger partial charge in [-0.25, -0.2) is 9.13 Å². The van der Waals surface area contributed by atoms with Crippen molar-refractivity contribution in [2.24, 2.45) is 11.8 Å². The average molecular weight is 1020 g/mol. The second-order valence-electron chi connectivity index (χ2n) is 18.3. The Morgan fingerprint density at radius 1 is 0.824 bits per heavy atom. The normalized spacial score (nSPS) is 30.5. The lowest BCUT2D eigenvalue weighted by Gasteiger charge is -2.38. The smallest absolute Gasteiger partial charge is 0.462 e. The molecule has 0 aromatic rings. The average Bonchev–Trinajstić information content (AvgIpc) is 3.28. The molecule has 19 nitrogen and oxygen atoms in total. The molecule has 0 radical (unpaired) electrons. The van der Waals surface area contributed by atoms with Gasteiger partial charge in [-0.05, 0) is 44.9 Å². The van der Waals surface area contributed by atoms with Gasteiger partial charge in [-0.1, -0.05) is 134 Å². The minimum absolute atomic E-state index is 0.0583. The van der Waals surface area contributed by atoms with Gasteiger partial charge in [0.15, 0.2) is 6.10 Å². The Morgan fingerprint density at radius 3 is 2.09 bits per heavy atom. The first-order chi connectivity index (χ1) is 32.3. The number of Topliss-reactive ketones (excluding diaryl/α,β-unsaturated/α-hetero) is 1. The molecule has 21 heteroatoms. The van der Waals surface area contributed by atoms with E-state index in [0.29, 0.717) is 32.1 Å². The van der Waals surface area contributed by atoms with Crippen molar-refractivity contribution in [3.8, 4) is 0 Å². The predicted molar refractivity (Wildman–Crippen MR) is 251 cm³/mol. The molecule has 1 heterocycles. The fraction of sp³-hybridized carbons (Fsp3) is 0.851. The van der Waals surface area contributed by atoms with Gasteiger partial charge < -0.3 is 54.8 Å². The summed E-state index contributed by atoms with van der Waals surface area (Å²) in [6.07, 6.45) is 3.97. The first kappa shape index (κ1) is 62.2. The minimum Gasteiger partial charge on any atom is -0.462 e. The van der Waals surface area contributed by atoms with Gasteiger partial charge in [0.1, 0.15) is 36.8 Å². The van der Waals surface area contributed by atoms with E-state index < -0.39 is 120 Å². The second kappa shape index (κ2) is 34.4. The molecule has 2 rings (SSSR count). The van der Waals surface area contributed by atoms with E-state index in [2.05, 4.69) is 19.1 Å². The molecule has 396 valence electrons. The van der Waals surface area contributed by atoms with Crippen molar-refractivity contribution in [1.29, 1.82) is 0 Å². The van der Waals surface area contributed by atoms with E-state index in [1.165, 1.54) is 38.2 Å². The third-order valence-corrected chi connectivity index (χ3v) is 13.9. The number of carbonyl (C=O) groups excluding carboxylic acids is 3. The predicted octanol–water partition coefficient (Wildman–Crippen LogP) is 6.32. The summed E-state index contributed by atoms with van der Waals surface area (Å²) in [5.41, 5.74) is 0. The highest BCUT2D eigenvalue weighted by atomic mass is 31.2. The zero-order valence-corrected chi connectivity index (χ0v) is 42.0. The fourth-order valence-electron chi connectivity index (χ4n) is 8.46. The van der Waals surface area contributed by atoms with Gasteiger partial charge in [0.05, 0.1) is 31.0 Å². The lowest BCUT2D eigenvalue weighted by Crippen LogP contribution is -2.56. The van der Waals surface area contributed by atoms with E-state index >= 15 is 0 Å². The fourth-order valence-corrected chi connectivity index (χ4v) is 9.99. The number of fused-ring (bicyclic) bond motifs is 4. The summed E-state index contributed by atoms with van der Waals surface area (Å²) in [4.78, 5) is 70.4. The van der Waals surface area contributed by atoms with E-state index in [9.17, 15) is 68.8 Å². The Morgan fingerprint density at radius 2 is 1.46 bits per heavy atom. The molecule has 0 aromatic heterocycles. The summed E-state index contributed by atoms with van der Waals surface area (Å²) in [5, 5.41) is 68.1. The molecule has 1 aliphatic heterocycles. The Balaban J connectivity index is 2.27. The molecule has 0 aromatic carbocycles. The number of cyclic esters (lactones) is 1. The summed E-state index contributed by atoms with van der Waals surface area (Å²) < 4.78 is 52.1. The number of phosphoric acid groups is 2.